The molecule has 0 bridgehead atoms. The van der Waals surface area contributed by atoms with Crippen molar-refractivity contribution in [3.63, 3.8) is 0 Å². The van der Waals surface area contributed by atoms with Crippen molar-refractivity contribution in [3.8, 4) is 5.75 Å². The van der Waals surface area contributed by atoms with Crippen molar-refractivity contribution in [1.29, 1.82) is 0 Å². The van der Waals surface area contributed by atoms with Gasteiger partial charge in [-0.1, -0.05) is 0 Å². The third-order valence-corrected chi connectivity index (χ3v) is 2.91. The van der Waals surface area contributed by atoms with Gasteiger partial charge >= 0.3 is 0 Å². The first-order valence-electron chi connectivity index (χ1n) is 5.61. The lowest BCUT2D eigenvalue weighted by molar-refractivity contribution is 0.122. The third-order valence-electron chi connectivity index (χ3n) is 2.91. The van der Waals surface area contributed by atoms with Crippen molar-refractivity contribution in [2.75, 3.05) is 31.2 Å². The summed E-state index contributed by atoms with van der Waals surface area (Å²) in [6, 6.07) is 3.69. The lowest BCUT2D eigenvalue weighted by Gasteiger charge is -2.29. The molecule has 17 heavy (non-hydrogen) atoms. The predicted molar refractivity (Wildman–Crippen MR) is 64.2 cm³/mol. The summed E-state index contributed by atoms with van der Waals surface area (Å²) >= 11 is 0. The van der Waals surface area contributed by atoms with E-state index in [9.17, 15) is 5.11 Å². The molecule has 0 radical (unpaired) electrons. The van der Waals surface area contributed by atoms with Gasteiger partial charge in [0.1, 0.15) is 11.3 Å². The SMILES string of the molecule is Oc1cc(N2CCOCC2)cc2nccnc12. The molecule has 1 N–H and O–H groups in total. The smallest absolute Gasteiger partial charge is 0.145 e. The minimum absolute atomic E-state index is 0.178. The van der Waals surface area contributed by atoms with Crippen LogP contribution < -0.4 is 4.90 Å². The number of rotatable bonds is 1. The summed E-state index contributed by atoms with van der Waals surface area (Å²) < 4.78 is 5.31. The summed E-state index contributed by atoms with van der Waals surface area (Å²) in [6.07, 6.45) is 3.21. The molecular formula is C12H13N3O2. The maximum atomic E-state index is 9.92. The van der Waals surface area contributed by atoms with Crippen molar-refractivity contribution < 1.29 is 9.84 Å². The van der Waals surface area contributed by atoms with Crippen molar-refractivity contribution in [2.45, 2.75) is 0 Å². The van der Waals surface area contributed by atoms with E-state index < -0.39 is 0 Å². The molecule has 1 aromatic heterocycles. The van der Waals surface area contributed by atoms with E-state index in [0.29, 0.717) is 11.0 Å². The van der Waals surface area contributed by atoms with Crippen molar-refractivity contribution in [1.82, 2.24) is 9.97 Å². The van der Waals surface area contributed by atoms with Crippen LogP contribution in [0, 0.1) is 0 Å². The number of phenolic OH excluding ortho intramolecular Hbond substituents is 1. The molecule has 0 unspecified atom stereocenters. The van der Waals surface area contributed by atoms with Crippen LogP contribution in [0.25, 0.3) is 11.0 Å². The largest absolute Gasteiger partial charge is 0.506 e. The minimum atomic E-state index is 0.178. The van der Waals surface area contributed by atoms with Crippen molar-refractivity contribution >= 4 is 16.7 Å². The topological polar surface area (TPSA) is 58.5 Å². The molecule has 0 spiro atoms. The zero-order chi connectivity index (χ0) is 11.7. The Morgan fingerprint density at radius 2 is 1.88 bits per heavy atom. The number of hydrogen-bond donors (Lipinski definition) is 1. The van der Waals surface area contributed by atoms with E-state index in [-0.39, 0.29) is 5.75 Å². The van der Waals surface area contributed by atoms with Crippen LogP contribution in [0.4, 0.5) is 5.69 Å². The van der Waals surface area contributed by atoms with Crippen LogP contribution in [0.3, 0.4) is 0 Å². The molecule has 1 aliphatic rings. The summed E-state index contributed by atoms with van der Waals surface area (Å²) in [5, 5.41) is 9.92. The molecule has 5 heteroatoms. The first kappa shape index (κ1) is 10.3. The molecule has 0 aliphatic carbocycles. The van der Waals surface area contributed by atoms with E-state index in [4.69, 9.17) is 4.74 Å². The Morgan fingerprint density at radius 1 is 1.12 bits per heavy atom. The van der Waals surface area contributed by atoms with Crippen LogP contribution in [0.2, 0.25) is 0 Å². The Balaban J connectivity index is 2.05. The summed E-state index contributed by atoms with van der Waals surface area (Å²) in [5.74, 6) is 0.178. The Bertz CT molecular complexity index is 538. The quantitative estimate of drug-likeness (QED) is 0.798. The number of anilines is 1. The normalized spacial score (nSPS) is 16.4. The Labute approximate surface area is 98.7 Å². The average molecular weight is 231 g/mol. The Hall–Kier alpha value is -1.88. The van der Waals surface area contributed by atoms with Crippen LogP contribution in [-0.4, -0.2) is 41.4 Å². The molecule has 0 atom stereocenters. The molecule has 1 fully saturated rings. The number of morpholine rings is 1. The predicted octanol–water partition coefficient (Wildman–Crippen LogP) is 1.17. The molecule has 1 aliphatic heterocycles. The second-order valence-corrected chi connectivity index (χ2v) is 3.99. The average Bonchev–Trinajstić information content (AvgIpc) is 2.40. The molecule has 2 heterocycles. The number of nitrogens with zero attached hydrogens (tertiary/aromatic N) is 3. The van der Waals surface area contributed by atoms with Gasteiger partial charge < -0.3 is 14.7 Å². The molecule has 1 saturated heterocycles. The number of phenols is 1. The number of benzene rings is 1. The maximum absolute atomic E-state index is 9.92. The molecular weight excluding hydrogens is 218 g/mol. The van der Waals surface area contributed by atoms with Gasteiger partial charge in [-0.25, -0.2) is 4.98 Å². The van der Waals surface area contributed by atoms with Gasteiger partial charge in [0.15, 0.2) is 0 Å². The van der Waals surface area contributed by atoms with E-state index >= 15 is 0 Å². The summed E-state index contributed by atoms with van der Waals surface area (Å²) in [6.45, 7) is 3.12. The fraction of sp³-hybridized carbons (Fsp3) is 0.333. The molecule has 2 aromatic rings. The molecule has 0 amide bonds. The number of aromatic hydroxyl groups is 1. The fourth-order valence-corrected chi connectivity index (χ4v) is 2.05. The van der Waals surface area contributed by atoms with E-state index in [1.165, 1.54) is 0 Å². The van der Waals surface area contributed by atoms with Crippen LogP contribution in [-0.2, 0) is 4.74 Å². The highest BCUT2D eigenvalue weighted by atomic mass is 16.5. The van der Waals surface area contributed by atoms with E-state index in [2.05, 4.69) is 14.9 Å². The van der Waals surface area contributed by atoms with Crippen LogP contribution in [0.1, 0.15) is 0 Å². The van der Waals surface area contributed by atoms with Crippen LogP contribution in [0.5, 0.6) is 5.75 Å². The van der Waals surface area contributed by atoms with Crippen LogP contribution in [0.15, 0.2) is 24.5 Å². The lowest BCUT2D eigenvalue weighted by atomic mass is 10.2. The molecule has 1 aromatic carbocycles. The Morgan fingerprint density at radius 3 is 2.71 bits per heavy atom. The van der Waals surface area contributed by atoms with Gasteiger partial charge in [-0.05, 0) is 6.07 Å². The standard InChI is InChI=1S/C12H13N3O2/c16-11-8-9(15-3-5-17-6-4-15)7-10-12(11)14-2-1-13-10/h1-2,7-8,16H,3-6H2. The molecule has 0 saturated carbocycles. The zero-order valence-electron chi connectivity index (χ0n) is 9.33. The molecule has 3 rings (SSSR count). The number of hydrogen-bond acceptors (Lipinski definition) is 5. The van der Waals surface area contributed by atoms with Crippen molar-refractivity contribution in [2.24, 2.45) is 0 Å². The highest BCUT2D eigenvalue weighted by Gasteiger charge is 2.14. The molecule has 88 valence electrons. The van der Waals surface area contributed by atoms with Gasteiger partial charge in [0, 0.05) is 37.2 Å². The fourth-order valence-electron chi connectivity index (χ4n) is 2.05. The summed E-state index contributed by atoms with van der Waals surface area (Å²) in [4.78, 5) is 10.5. The van der Waals surface area contributed by atoms with Crippen LogP contribution >= 0.6 is 0 Å². The first-order valence-corrected chi connectivity index (χ1v) is 5.61. The lowest BCUT2D eigenvalue weighted by Crippen LogP contribution is -2.36. The number of fused-ring (bicyclic) bond motifs is 1. The van der Waals surface area contributed by atoms with Crippen molar-refractivity contribution in [3.05, 3.63) is 24.5 Å². The second kappa shape index (κ2) is 4.18. The van der Waals surface area contributed by atoms with E-state index in [1.54, 1.807) is 18.5 Å². The maximum Gasteiger partial charge on any atom is 0.145 e. The van der Waals surface area contributed by atoms with Gasteiger partial charge in [0.05, 0.1) is 18.7 Å². The van der Waals surface area contributed by atoms with Gasteiger partial charge in [0.25, 0.3) is 0 Å². The van der Waals surface area contributed by atoms with Gasteiger partial charge in [-0.3, -0.25) is 4.98 Å². The van der Waals surface area contributed by atoms with Gasteiger partial charge in [0.2, 0.25) is 0 Å². The Kier molecular flexibility index (Phi) is 2.53. The summed E-state index contributed by atoms with van der Waals surface area (Å²) in [7, 11) is 0. The van der Waals surface area contributed by atoms with E-state index in [0.717, 1.165) is 32.0 Å². The van der Waals surface area contributed by atoms with Gasteiger partial charge in [-0.2, -0.15) is 0 Å². The van der Waals surface area contributed by atoms with Gasteiger partial charge in [-0.15, -0.1) is 0 Å². The minimum Gasteiger partial charge on any atom is -0.506 e. The second-order valence-electron chi connectivity index (χ2n) is 3.99. The monoisotopic (exact) mass is 231 g/mol. The number of ether oxygens (including phenoxy) is 1. The highest BCUT2D eigenvalue weighted by Crippen LogP contribution is 2.28. The van der Waals surface area contributed by atoms with E-state index in [1.807, 2.05) is 6.07 Å². The highest BCUT2D eigenvalue weighted by molar-refractivity contribution is 5.84. The first-order chi connectivity index (χ1) is 8.34. The number of aromatic nitrogens is 2. The molecule has 5 nitrogen and oxygen atoms in total. The summed E-state index contributed by atoms with van der Waals surface area (Å²) in [5.41, 5.74) is 2.23. The third kappa shape index (κ3) is 1.89. The zero-order valence-corrected chi connectivity index (χ0v) is 9.33.